The van der Waals surface area contributed by atoms with Gasteiger partial charge in [0.05, 0.1) is 5.69 Å². The van der Waals surface area contributed by atoms with Crippen molar-refractivity contribution in [2.45, 2.75) is 32.2 Å². The Labute approximate surface area is 94.7 Å². The molecule has 0 radical (unpaired) electrons. The normalized spacial score (nSPS) is 15.9. The minimum atomic E-state index is -0.897. The molecule has 1 saturated carbocycles. The molecule has 5 heteroatoms. The summed E-state index contributed by atoms with van der Waals surface area (Å²) in [6, 6.07) is 0.466. The third-order valence-corrected chi connectivity index (χ3v) is 3.36. The largest absolute Gasteiger partial charge is 0.477 e. The number of hydrogen-bond donors (Lipinski definition) is 1. The van der Waals surface area contributed by atoms with E-state index >= 15 is 0 Å². The van der Waals surface area contributed by atoms with E-state index in [2.05, 4.69) is 5.10 Å². The van der Waals surface area contributed by atoms with Crippen molar-refractivity contribution in [3.8, 4) is 0 Å². The zero-order chi connectivity index (χ0) is 11.9. The van der Waals surface area contributed by atoms with E-state index in [9.17, 15) is 9.90 Å². The van der Waals surface area contributed by atoms with Crippen molar-refractivity contribution in [1.82, 2.24) is 9.78 Å². The number of aromatic nitrogens is 2. The molecule has 1 heterocycles. The average molecular weight is 223 g/mol. The van der Waals surface area contributed by atoms with Crippen molar-refractivity contribution in [1.29, 1.82) is 0 Å². The fraction of sp³-hybridized carbons (Fsp3) is 0.636. The number of carbonyl (C=O) groups is 1. The highest BCUT2D eigenvalue weighted by atomic mass is 16.4. The van der Waals surface area contributed by atoms with Crippen LogP contribution in [0.25, 0.3) is 0 Å². The van der Waals surface area contributed by atoms with Gasteiger partial charge in [0.25, 0.3) is 0 Å². The maximum atomic E-state index is 11.2. The van der Waals surface area contributed by atoms with Crippen LogP contribution >= 0.6 is 0 Å². The molecule has 0 bridgehead atoms. The summed E-state index contributed by atoms with van der Waals surface area (Å²) < 4.78 is 1.66. The van der Waals surface area contributed by atoms with Gasteiger partial charge in [-0.05, 0) is 26.2 Å². The SMILES string of the molecule is Cc1nn(C)c(N(C)C2CCC2)c1C(=O)O. The van der Waals surface area contributed by atoms with Crippen LogP contribution in [0.4, 0.5) is 5.82 Å². The molecule has 1 aliphatic carbocycles. The second-order valence-corrected chi connectivity index (χ2v) is 4.41. The first-order valence-corrected chi connectivity index (χ1v) is 5.52. The summed E-state index contributed by atoms with van der Waals surface area (Å²) in [4.78, 5) is 13.3. The molecule has 1 fully saturated rings. The number of aromatic carboxylic acids is 1. The smallest absolute Gasteiger partial charge is 0.341 e. The molecule has 16 heavy (non-hydrogen) atoms. The van der Waals surface area contributed by atoms with E-state index < -0.39 is 5.97 Å². The summed E-state index contributed by atoms with van der Waals surface area (Å²) in [5.74, 6) is -0.179. The minimum Gasteiger partial charge on any atom is -0.477 e. The molecule has 0 saturated heterocycles. The van der Waals surface area contributed by atoms with Gasteiger partial charge in [-0.1, -0.05) is 0 Å². The summed E-state index contributed by atoms with van der Waals surface area (Å²) in [6.45, 7) is 1.74. The van der Waals surface area contributed by atoms with Gasteiger partial charge >= 0.3 is 5.97 Å². The van der Waals surface area contributed by atoms with Crippen molar-refractivity contribution in [2.75, 3.05) is 11.9 Å². The number of hydrogen-bond acceptors (Lipinski definition) is 3. The first-order chi connectivity index (χ1) is 7.52. The lowest BCUT2D eigenvalue weighted by Crippen LogP contribution is -2.39. The summed E-state index contributed by atoms with van der Waals surface area (Å²) in [5.41, 5.74) is 0.910. The number of rotatable bonds is 3. The van der Waals surface area contributed by atoms with Crippen LogP contribution in [0, 0.1) is 6.92 Å². The summed E-state index contributed by atoms with van der Waals surface area (Å²) in [7, 11) is 3.75. The first-order valence-electron chi connectivity index (χ1n) is 5.52. The van der Waals surface area contributed by atoms with Crippen molar-refractivity contribution in [2.24, 2.45) is 7.05 Å². The standard InChI is InChI=1S/C11H17N3O2/c1-7-9(11(15)16)10(14(3)12-7)13(2)8-5-4-6-8/h8H,4-6H2,1-3H3,(H,15,16). The van der Waals surface area contributed by atoms with Crippen LogP contribution in [0.3, 0.4) is 0 Å². The zero-order valence-corrected chi connectivity index (χ0v) is 9.90. The molecule has 1 aromatic heterocycles. The molecule has 1 aliphatic rings. The van der Waals surface area contributed by atoms with Gasteiger partial charge in [0.2, 0.25) is 0 Å². The highest BCUT2D eigenvalue weighted by molar-refractivity contribution is 5.94. The number of nitrogens with zero attached hydrogens (tertiary/aromatic N) is 3. The fourth-order valence-electron chi connectivity index (χ4n) is 2.25. The van der Waals surface area contributed by atoms with E-state index in [0.717, 1.165) is 18.7 Å². The van der Waals surface area contributed by atoms with Crippen LogP contribution in [0.1, 0.15) is 35.3 Å². The Balaban J connectivity index is 2.41. The van der Waals surface area contributed by atoms with Gasteiger partial charge in [-0.15, -0.1) is 0 Å². The Bertz CT molecular complexity index is 421. The van der Waals surface area contributed by atoms with Crippen LogP contribution in [0.5, 0.6) is 0 Å². The average Bonchev–Trinajstić information content (AvgIpc) is 2.37. The van der Waals surface area contributed by atoms with Gasteiger partial charge < -0.3 is 10.0 Å². The van der Waals surface area contributed by atoms with Gasteiger partial charge in [-0.2, -0.15) is 5.10 Å². The molecule has 0 amide bonds. The Morgan fingerprint density at radius 3 is 2.62 bits per heavy atom. The fourth-order valence-corrected chi connectivity index (χ4v) is 2.25. The first kappa shape index (κ1) is 11.0. The highest BCUT2D eigenvalue weighted by Crippen LogP contribution is 2.31. The second-order valence-electron chi connectivity index (χ2n) is 4.41. The van der Waals surface area contributed by atoms with Crippen molar-refractivity contribution >= 4 is 11.8 Å². The van der Waals surface area contributed by atoms with Crippen molar-refractivity contribution in [3.05, 3.63) is 11.3 Å². The summed E-state index contributed by atoms with van der Waals surface area (Å²) in [5, 5.41) is 13.4. The number of anilines is 1. The molecule has 1 aromatic rings. The molecule has 0 unspecified atom stereocenters. The van der Waals surface area contributed by atoms with E-state index in [-0.39, 0.29) is 0 Å². The molecule has 0 spiro atoms. The monoisotopic (exact) mass is 223 g/mol. The van der Waals surface area contributed by atoms with Gasteiger partial charge in [0, 0.05) is 20.1 Å². The number of aryl methyl sites for hydroxylation is 2. The second kappa shape index (κ2) is 3.81. The Hall–Kier alpha value is -1.52. The van der Waals surface area contributed by atoms with Crippen LogP contribution in [-0.2, 0) is 7.05 Å². The molecule has 0 aromatic carbocycles. The number of carboxylic acids is 1. The minimum absolute atomic E-state index is 0.330. The molecule has 88 valence electrons. The van der Waals surface area contributed by atoms with Crippen LogP contribution in [0.15, 0.2) is 0 Å². The topological polar surface area (TPSA) is 58.4 Å². The van der Waals surface area contributed by atoms with Crippen molar-refractivity contribution < 1.29 is 9.90 Å². The molecular weight excluding hydrogens is 206 g/mol. The van der Waals surface area contributed by atoms with E-state index in [0.29, 0.717) is 17.3 Å². The van der Waals surface area contributed by atoms with E-state index in [1.807, 2.05) is 11.9 Å². The van der Waals surface area contributed by atoms with Gasteiger partial charge in [-0.25, -0.2) is 4.79 Å². The van der Waals surface area contributed by atoms with E-state index in [4.69, 9.17) is 0 Å². The van der Waals surface area contributed by atoms with Gasteiger partial charge in [0.15, 0.2) is 0 Å². The molecule has 0 atom stereocenters. The van der Waals surface area contributed by atoms with Crippen LogP contribution in [0.2, 0.25) is 0 Å². The van der Waals surface area contributed by atoms with Crippen LogP contribution in [-0.4, -0.2) is 33.9 Å². The third-order valence-electron chi connectivity index (χ3n) is 3.36. The van der Waals surface area contributed by atoms with Crippen LogP contribution < -0.4 is 4.90 Å². The predicted octanol–water partition coefficient (Wildman–Crippen LogP) is 1.42. The molecule has 2 rings (SSSR count). The Morgan fingerprint density at radius 1 is 1.56 bits per heavy atom. The van der Waals surface area contributed by atoms with E-state index in [1.165, 1.54) is 6.42 Å². The highest BCUT2D eigenvalue weighted by Gasteiger charge is 2.29. The quantitative estimate of drug-likeness (QED) is 0.841. The number of carboxylic acid groups (broad SMARTS) is 1. The molecular formula is C11H17N3O2. The Kier molecular flexibility index (Phi) is 2.61. The van der Waals surface area contributed by atoms with Gasteiger partial charge in [-0.3, -0.25) is 4.68 Å². The molecule has 1 N–H and O–H groups in total. The third kappa shape index (κ3) is 1.56. The summed E-state index contributed by atoms with van der Waals surface area (Å²) in [6.07, 6.45) is 3.51. The van der Waals surface area contributed by atoms with E-state index in [1.54, 1.807) is 18.7 Å². The maximum Gasteiger partial charge on any atom is 0.341 e. The molecule has 0 aliphatic heterocycles. The zero-order valence-electron chi connectivity index (χ0n) is 9.90. The lowest BCUT2D eigenvalue weighted by Gasteiger charge is -2.36. The summed E-state index contributed by atoms with van der Waals surface area (Å²) >= 11 is 0. The lowest BCUT2D eigenvalue weighted by atomic mass is 9.91. The maximum absolute atomic E-state index is 11.2. The Morgan fingerprint density at radius 2 is 2.19 bits per heavy atom. The molecule has 5 nitrogen and oxygen atoms in total. The van der Waals surface area contributed by atoms with Gasteiger partial charge in [0.1, 0.15) is 11.4 Å². The predicted molar refractivity (Wildman–Crippen MR) is 60.9 cm³/mol. The lowest BCUT2D eigenvalue weighted by molar-refractivity contribution is 0.0696. The van der Waals surface area contributed by atoms with Crippen molar-refractivity contribution in [3.63, 3.8) is 0 Å².